The number of hydrogen-bond acceptors (Lipinski definition) is 1. The fourth-order valence-corrected chi connectivity index (χ4v) is 2.31. The van der Waals surface area contributed by atoms with Gasteiger partial charge in [-0.15, -0.1) is 0 Å². The second-order valence-corrected chi connectivity index (χ2v) is 4.92. The predicted octanol–water partition coefficient (Wildman–Crippen LogP) is 3.72. The zero-order chi connectivity index (χ0) is 9.84. The van der Waals surface area contributed by atoms with E-state index in [-0.39, 0.29) is 5.78 Å². The van der Waals surface area contributed by atoms with Crippen molar-refractivity contribution in [2.24, 2.45) is 0 Å². The molecule has 70 valence electrons. The Labute approximate surface area is 102 Å². The quantitative estimate of drug-likeness (QED) is 0.741. The van der Waals surface area contributed by atoms with E-state index in [0.717, 1.165) is 14.5 Å². The smallest absolute Gasteiger partial charge is 0.147 e. The van der Waals surface area contributed by atoms with Gasteiger partial charge in [-0.25, -0.2) is 0 Å². The third-order valence-electron chi connectivity index (χ3n) is 1.55. The molecular formula is C9H7Br3O. The van der Waals surface area contributed by atoms with E-state index in [4.69, 9.17) is 0 Å². The van der Waals surface area contributed by atoms with Gasteiger partial charge in [0, 0.05) is 15.4 Å². The van der Waals surface area contributed by atoms with E-state index in [1.165, 1.54) is 0 Å². The molecule has 0 aliphatic carbocycles. The van der Waals surface area contributed by atoms with Gasteiger partial charge in [0.25, 0.3) is 0 Å². The van der Waals surface area contributed by atoms with Crippen LogP contribution in [0.15, 0.2) is 27.1 Å². The van der Waals surface area contributed by atoms with Crippen LogP contribution in [0.2, 0.25) is 0 Å². The van der Waals surface area contributed by atoms with E-state index in [2.05, 4.69) is 47.8 Å². The fourth-order valence-electron chi connectivity index (χ4n) is 0.925. The first-order valence-corrected chi connectivity index (χ1v) is 6.36. The number of Topliss-reactive ketones (excluding diaryl/α,β-unsaturated/α-hetero) is 1. The van der Waals surface area contributed by atoms with E-state index in [9.17, 15) is 4.79 Å². The van der Waals surface area contributed by atoms with Gasteiger partial charge in [-0.1, -0.05) is 53.9 Å². The van der Waals surface area contributed by atoms with Crippen LogP contribution in [0.1, 0.15) is 5.56 Å². The number of alkyl halides is 1. The molecule has 0 spiro atoms. The molecule has 0 amide bonds. The van der Waals surface area contributed by atoms with E-state index in [1.807, 2.05) is 18.2 Å². The molecule has 0 fully saturated rings. The SMILES string of the molecule is O=C(CBr)Cc1ccc(Br)cc1Br. The summed E-state index contributed by atoms with van der Waals surface area (Å²) in [6.45, 7) is 0. The molecule has 0 heterocycles. The molecule has 0 aromatic heterocycles. The number of carbonyl (C=O) groups is 1. The third kappa shape index (κ3) is 3.52. The van der Waals surface area contributed by atoms with E-state index >= 15 is 0 Å². The Hall–Kier alpha value is 0.330. The van der Waals surface area contributed by atoms with E-state index < -0.39 is 0 Å². The maximum absolute atomic E-state index is 11.1. The van der Waals surface area contributed by atoms with Crippen molar-refractivity contribution in [3.8, 4) is 0 Å². The molecule has 0 bridgehead atoms. The molecule has 0 aliphatic heterocycles. The summed E-state index contributed by atoms with van der Waals surface area (Å²) in [6, 6.07) is 5.81. The van der Waals surface area contributed by atoms with Gasteiger partial charge in [0.05, 0.1) is 5.33 Å². The minimum absolute atomic E-state index is 0.183. The Morgan fingerprint density at radius 3 is 2.54 bits per heavy atom. The first-order chi connectivity index (χ1) is 6.13. The molecule has 1 rings (SSSR count). The molecule has 0 saturated heterocycles. The molecule has 1 aromatic carbocycles. The summed E-state index contributed by atoms with van der Waals surface area (Å²) >= 11 is 9.90. The van der Waals surface area contributed by atoms with Crippen molar-refractivity contribution in [3.05, 3.63) is 32.7 Å². The molecule has 0 atom stereocenters. The fraction of sp³-hybridized carbons (Fsp3) is 0.222. The Bertz CT molecular complexity index is 323. The Morgan fingerprint density at radius 1 is 1.31 bits per heavy atom. The second kappa shape index (κ2) is 5.27. The van der Waals surface area contributed by atoms with Crippen molar-refractivity contribution in [1.29, 1.82) is 0 Å². The highest BCUT2D eigenvalue weighted by molar-refractivity contribution is 9.11. The summed E-state index contributed by atoms with van der Waals surface area (Å²) in [4.78, 5) is 11.1. The van der Waals surface area contributed by atoms with Crippen molar-refractivity contribution in [2.45, 2.75) is 6.42 Å². The zero-order valence-electron chi connectivity index (χ0n) is 6.69. The lowest BCUT2D eigenvalue weighted by Gasteiger charge is -2.02. The molecule has 0 unspecified atom stereocenters. The van der Waals surface area contributed by atoms with Crippen molar-refractivity contribution >= 4 is 53.6 Å². The monoisotopic (exact) mass is 368 g/mol. The maximum atomic E-state index is 11.1. The lowest BCUT2D eigenvalue weighted by atomic mass is 10.1. The molecule has 0 radical (unpaired) electrons. The summed E-state index contributed by atoms with van der Waals surface area (Å²) in [5.74, 6) is 0.183. The molecule has 13 heavy (non-hydrogen) atoms. The highest BCUT2D eigenvalue weighted by Crippen LogP contribution is 2.22. The lowest BCUT2D eigenvalue weighted by molar-refractivity contribution is -0.115. The normalized spacial score (nSPS) is 10.1. The van der Waals surface area contributed by atoms with Gasteiger partial charge in [-0.3, -0.25) is 4.79 Å². The minimum Gasteiger partial charge on any atom is -0.298 e. The van der Waals surface area contributed by atoms with Crippen LogP contribution in [0.4, 0.5) is 0 Å². The third-order valence-corrected chi connectivity index (χ3v) is 3.41. The van der Waals surface area contributed by atoms with Crippen LogP contribution in [0.3, 0.4) is 0 Å². The molecule has 0 saturated carbocycles. The standard InChI is InChI=1S/C9H7Br3O/c10-5-8(13)3-6-1-2-7(11)4-9(6)12/h1-2,4H,3,5H2. The summed E-state index contributed by atoms with van der Waals surface area (Å²) in [7, 11) is 0. The lowest BCUT2D eigenvalue weighted by Crippen LogP contribution is -2.03. The van der Waals surface area contributed by atoms with Crippen molar-refractivity contribution < 1.29 is 4.79 Å². The Balaban J connectivity index is 2.83. The average Bonchev–Trinajstić information content (AvgIpc) is 2.09. The number of ketones is 1. The largest absolute Gasteiger partial charge is 0.298 e. The summed E-state index contributed by atoms with van der Waals surface area (Å²) < 4.78 is 1.98. The van der Waals surface area contributed by atoms with Crippen LogP contribution in [-0.4, -0.2) is 11.1 Å². The highest BCUT2D eigenvalue weighted by atomic mass is 79.9. The summed E-state index contributed by atoms with van der Waals surface area (Å²) in [6.07, 6.45) is 0.471. The van der Waals surface area contributed by atoms with Gasteiger partial charge >= 0.3 is 0 Å². The zero-order valence-corrected chi connectivity index (χ0v) is 11.4. The molecular weight excluding hydrogens is 364 g/mol. The first-order valence-electron chi connectivity index (χ1n) is 3.65. The van der Waals surface area contributed by atoms with Gasteiger partial charge < -0.3 is 0 Å². The molecule has 1 nitrogen and oxygen atoms in total. The average molecular weight is 371 g/mol. The van der Waals surface area contributed by atoms with Crippen LogP contribution in [0.5, 0.6) is 0 Å². The maximum Gasteiger partial charge on any atom is 0.147 e. The summed E-state index contributed by atoms with van der Waals surface area (Å²) in [5.41, 5.74) is 1.02. The van der Waals surface area contributed by atoms with E-state index in [0.29, 0.717) is 11.8 Å². The number of rotatable bonds is 3. The Kier molecular flexibility index (Phi) is 4.62. The number of benzene rings is 1. The van der Waals surface area contributed by atoms with Gasteiger partial charge in [-0.05, 0) is 17.7 Å². The van der Waals surface area contributed by atoms with E-state index in [1.54, 1.807) is 0 Å². The van der Waals surface area contributed by atoms with Gasteiger partial charge in [0.1, 0.15) is 5.78 Å². The molecule has 0 aliphatic rings. The second-order valence-electron chi connectivity index (χ2n) is 2.58. The highest BCUT2D eigenvalue weighted by Gasteiger charge is 2.05. The van der Waals surface area contributed by atoms with Gasteiger partial charge in [0.15, 0.2) is 0 Å². The van der Waals surface area contributed by atoms with Crippen LogP contribution < -0.4 is 0 Å². The van der Waals surface area contributed by atoms with Crippen LogP contribution in [0, 0.1) is 0 Å². The molecule has 0 N–H and O–H groups in total. The Morgan fingerprint density at radius 2 is 2.00 bits per heavy atom. The van der Waals surface area contributed by atoms with Gasteiger partial charge in [0.2, 0.25) is 0 Å². The van der Waals surface area contributed by atoms with Crippen LogP contribution >= 0.6 is 47.8 Å². The predicted molar refractivity (Wildman–Crippen MR) is 64.3 cm³/mol. The number of hydrogen-bond donors (Lipinski definition) is 0. The topological polar surface area (TPSA) is 17.1 Å². The number of halogens is 3. The molecule has 4 heteroatoms. The van der Waals surface area contributed by atoms with Crippen molar-refractivity contribution in [1.82, 2.24) is 0 Å². The van der Waals surface area contributed by atoms with Gasteiger partial charge in [-0.2, -0.15) is 0 Å². The van der Waals surface area contributed by atoms with Crippen molar-refractivity contribution in [3.63, 3.8) is 0 Å². The van der Waals surface area contributed by atoms with Crippen LogP contribution in [-0.2, 0) is 11.2 Å². The van der Waals surface area contributed by atoms with Crippen molar-refractivity contribution in [2.75, 3.05) is 5.33 Å². The first kappa shape index (κ1) is 11.4. The summed E-state index contributed by atoms with van der Waals surface area (Å²) in [5, 5.41) is 0.412. The molecule has 1 aromatic rings. The number of carbonyl (C=O) groups excluding carboxylic acids is 1. The van der Waals surface area contributed by atoms with Crippen LogP contribution in [0.25, 0.3) is 0 Å². The minimum atomic E-state index is 0.183.